The van der Waals surface area contributed by atoms with E-state index in [1.807, 2.05) is 6.07 Å². The summed E-state index contributed by atoms with van der Waals surface area (Å²) in [7, 11) is 0. The smallest absolute Gasteiger partial charge is 0.272 e. The minimum Gasteiger partial charge on any atom is -0.453 e. The first-order valence-corrected chi connectivity index (χ1v) is 8.08. The molecule has 0 spiro atoms. The molecule has 1 atom stereocenters. The van der Waals surface area contributed by atoms with Gasteiger partial charge in [-0.2, -0.15) is 5.10 Å². The van der Waals surface area contributed by atoms with Crippen molar-refractivity contribution in [3.63, 3.8) is 0 Å². The van der Waals surface area contributed by atoms with Gasteiger partial charge in [0.05, 0.1) is 23.1 Å². The number of nitrogens with zero attached hydrogens (tertiary/aromatic N) is 4. The van der Waals surface area contributed by atoms with Gasteiger partial charge in [-0.3, -0.25) is 15.1 Å². The molecule has 0 saturated heterocycles. The SMILES string of the molecule is CC1=NNC(Cn2ncc3ncc(-c4ccc(C(F)F)s4)cc32)O1. The zero-order valence-corrected chi connectivity index (χ0v) is 13.4. The second-order valence-corrected chi connectivity index (χ2v) is 6.44. The lowest BCUT2D eigenvalue weighted by Gasteiger charge is -2.11. The van der Waals surface area contributed by atoms with Gasteiger partial charge in [-0.15, -0.1) is 16.4 Å². The molecule has 3 aromatic rings. The number of thiophene rings is 1. The van der Waals surface area contributed by atoms with Crippen LogP contribution in [0.4, 0.5) is 8.78 Å². The predicted molar refractivity (Wildman–Crippen MR) is 86.9 cm³/mol. The average molecular weight is 349 g/mol. The third-order valence-corrected chi connectivity index (χ3v) is 4.78. The molecular formula is C15H13F2N5OS. The van der Waals surface area contributed by atoms with E-state index in [-0.39, 0.29) is 11.1 Å². The Hall–Kier alpha value is -2.55. The largest absolute Gasteiger partial charge is 0.453 e. The zero-order valence-electron chi connectivity index (χ0n) is 12.6. The van der Waals surface area contributed by atoms with E-state index in [1.54, 1.807) is 30.1 Å². The average Bonchev–Trinajstić information content (AvgIpc) is 3.28. The van der Waals surface area contributed by atoms with Crippen LogP contribution < -0.4 is 5.43 Å². The molecule has 4 heterocycles. The molecule has 0 saturated carbocycles. The number of halogens is 2. The van der Waals surface area contributed by atoms with Crippen molar-refractivity contribution in [1.29, 1.82) is 0 Å². The van der Waals surface area contributed by atoms with Crippen molar-refractivity contribution in [1.82, 2.24) is 20.2 Å². The molecule has 1 unspecified atom stereocenters. The molecule has 9 heteroatoms. The molecule has 6 nitrogen and oxygen atoms in total. The van der Waals surface area contributed by atoms with Crippen molar-refractivity contribution in [2.45, 2.75) is 26.1 Å². The number of pyridine rings is 1. The molecule has 1 aliphatic heterocycles. The van der Waals surface area contributed by atoms with E-state index in [9.17, 15) is 8.78 Å². The Morgan fingerprint density at radius 1 is 1.38 bits per heavy atom. The molecule has 0 radical (unpaired) electrons. The molecule has 0 fully saturated rings. The van der Waals surface area contributed by atoms with Gasteiger partial charge >= 0.3 is 0 Å². The van der Waals surface area contributed by atoms with E-state index < -0.39 is 6.43 Å². The van der Waals surface area contributed by atoms with Gasteiger partial charge in [0.2, 0.25) is 12.1 Å². The maximum atomic E-state index is 12.8. The summed E-state index contributed by atoms with van der Waals surface area (Å²) in [5, 5.41) is 8.30. The Bertz CT molecular complexity index is 920. The van der Waals surface area contributed by atoms with Gasteiger partial charge in [-0.1, -0.05) is 0 Å². The van der Waals surface area contributed by atoms with Crippen LogP contribution in [0.2, 0.25) is 0 Å². The first kappa shape index (κ1) is 15.0. The summed E-state index contributed by atoms with van der Waals surface area (Å²) < 4.78 is 32.8. The van der Waals surface area contributed by atoms with Gasteiger partial charge in [-0.05, 0) is 18.2 Å². The summed E-state index contributed by atoms with van der Waals surface area (Å²) in [6.45, 7) is 2.23. The molecule has 4 rings (SSSR count). The number of nitrogens with one attached hydrogen (secondary N) is 1. The van der Waals surface area contributed by atoms with Crippen LogP contribution >= 0.6 is 11.3 Å². The van der Waals surface area contributed by atoms with E-state index in [0.717, 1.165) is 32.8 Å². The monoisotopic (exact) mass is 349 g/mol. The molecular weight excluding hydrogens is 336 g/mol. The van der Waals surface area contributed by atoms with E-state index in [1.165, 1.54) is 6.07 Å². The van der Waals surface area contributed by atoms with Gasteiger partial charge in [0, 0.05) is 23.6 Å². The first-order valence-electron chi connectivity index (χ1n) is 7.26. The lowest BCUT2D eigenvalue weighted by Crippen LogP contribution is -2.27. The molecule has 3 aromatic heterocycles. The Labute approximate surface area is 139 Å². The highest BCUT2D eigenvalue weighted by Gasteiger charge is 2.19. The molecule has 124 valence electrons. The van der Waals surface area contributed by atoms with Crippen LogP contribution in [0.15, 0.2) is 35.7 Å². The second kappa shape index (κ2) is 5.82. The topological polar surface area (TPSA) is 64.3 Å². The maximum absolute atomic E-state index is 12.8. The Morgan fingerprint density at radius 2 is 2.25 bits per heavy atom. The summed E-state index contributed by atoms with van der Waals surface area (Å²) in [5.41, 5.74) is 5.21. The van der Waals surface area contributed by atoms with Crippen LogP contribution in [0, 0.1) is 0 Å². The fourth-order valence-electron chi connectivity index (χ4n) is 2.52. The number of fused-ring (bicyclic) bond motifs is 1. The summed E-state index contributed by atoms with van der Waals surface area (Å²) in [5.74, 6) is 0.577. The highest BCUT2D eigenvalue weighted by Crippen LogP contribution is 2.34. The predicted octanol–water partition coefficient (Wildman–Crippen LogP) is 3.38. The van der Waals surface area contributed by atoms with E-state index >= 15 is 0 Å². The summed E-state index contributed by atoms with van der Waals surface area (Å²) >= 11 is 1.07. The summed E-state index contributed by atoms with van der Waals surface area (Å²) in [6.07, 6.45) is 0.595. The first-order chi connectivity index (χ1) is 11.6. The molecule has 1 N–H and O–H groups in total. The number of hydrogen-bond donors (Lipinski definition) is 1. The summed E-state index contributed by atoms with van der Waals surface area (Å²) in [4.78, 5) is 5.17. The number of rotatable bonds is 4. The molecule has 0 bridgehead atoms. The second-order valence-electron chi connectivity index (χ2n) is 5.32. The number of alkyl halides is 2. The molecule has 0 aliphatic carbocycles. The molecule has 0 aromatic carbocycles. The third kappa shape index (κ3) is 2.71. The van der Waals surface area contributed by atoms with Crippen LogP contribution in [0.25, 0.3) is 21.5 Å². The quantitative estimate of drug-likeness (QED) is 0.784. The molecule has 24 heavy (non-hydrogen) atoms. The van der Waals surface area contributed by atoms with Crippen LogP contribution in [0.5, 0.6) is 0 Å². The minimum atomic E-state index is -2.46. The van der Waals surface area contributed by atoms with Crippen molar-refractivity contribution in [3.05, 3.63) is 35.5 Å². The van der Waals surface area contributed by atoms with Crippen molar-refractivity contribution >= 4 is 28.3 Å². The third-order valence-electron chi connectivity index (χ3n) is 3.64. The van der Waals surface area contributed by atoms with Gasteiger partial charge in [-0.25, -0.2) is 8.78 Å². The minimum absolute atomic E-state index is 0.0507. The van der Waals surface area contributed by atoms with Crippen LogP contribution in [-0.4, -0.2) is 26.9 Å². The van der Waals surface area contributed by atoms with Crippen LogP contribution in [0.3, 0.4) is 0 Å². The van der Waals surface area contributed by atoms with Gasteiger partial charge in [0.15, 0.2) is 0 Å². The van der Waals surface area contributed by atoms with Crippen molar-refractivity contribution in [2.75, 3.05) is 0 Å². The number of aromatic nitrogens is 3. The van der Waals surface area contributed by atoms with Crippen LogP contribution in [-0.2, 0) is 11.3 Å². The number of hydrazone groups is 1. The highest BCUT2D eigenvalue weighted by atomic mass is 32.1. The summed E-state index contributed by atoms with van der Waals surface area (Å²) in [6, 6.07) is 5.04. The molecule has 0 amide bonds. The van der Waals surface area contributed by atoms with Gasteiger partial charge < -0.3 is 4.74 Å². The fourth-order valence-corrected chi connectivity index (χ4v) is 3.36. The Kier molecular flexibility index (Phi) is 3.64. The fraction of sp³-hybridized carbons (Fsp3) is 0.267. The standard InChI is InChI=1S/C15H13F2N5OS/c1-8-20-21-14(23-8)7-22-11-4-9(5-18-10(11)6-19-22)12-2-3-13(24-12)15(16)17/h2-6,14-15,21H,7H2,1H3. The normalized spacial score (nSPS) is 17.2. The number of ether oxygens (including phenoxy) is 1. The van der Waals surface area contributed by atoms with E-state index in [0.29, 0.717) is 12.4 Å². The van der Waals surface area contributed by atoms with Crippen molar-refractivity contribution in [3.8, 4) is 10.4 Å². The Morgan fingerprint density at radius 3 is 2.96 bits per heavy atom. The Balaban J connectivity index is 1.65. The van der Waals surface area contributed by atoms with E-state index in [4.69, 9.17) is 4.74 Å². The highest BCUT2D eigenvalue weighted by molar-refractivity contribution is 7.15. The number of hydrogen-bond acceptors (Lipinski definition) is 6. The van der Waals surface area contributed by atoms with Crippen molar-refractivity contribution in [2.24, 2.45) is 5.10 Å². The zero-order chi connectivity index (χ0) is 16.7. The maximum Gasteiger partial charge on any atom is 0.272 e. The molecule has 1 aliphatic rings. The van der Waals surface area contributed by atoms with Crippen LogP contribution in [0.1, 0.15) is 18.2 Å². The van der Waals surface area contributed by atoms with Crippen molar-refractivity contribution < 1.29 is 13.5 Å². The lowest BCUT2D eigenvalue weighted by molar-refractivity contribution is 0.155. The van der Waals surface area contributed by atoms with Gasteiger partial charge in [0.1, 0.15) is 5.52 Å². The van der Waals surface area contributed by atoms with Gasteiger partial charge in [0.25, 0.3) is 6.43 Å². The lowest BCUT2D eigenvalue weighted by atomic mass is 10.2. The van der Waals surface area contributed by atoms with E-state index in [2.05, 4.69) is 20.6 Å².